The number of esters is 1. The summed E-state index contributed by atoms with van der Waals surface area (Å²) < 4.78 is 96.4. The van der Waals surface area contributed by atoms with Crippen LogP contribution < -0.4 is 4.90 Å². The summed E-state index contributed by atoms with van der Waals surface area (Å²) in [5.41, 5.74) is -2.13. The molecule has 0 saturated carbocycles. The largest absolute Gasteiger partial charge is 0.466 e. The Morgan fingerprint density at radius 3 is 2.05 bits per heavy atom. The van der Waals surface area contributed by atoms with E-state index in [4.69, 9.17) is 14.2 Å². The lowest BCUT2D eigenvalue weighted by molar-refractivity contribution is -0.144. The number of amides is 2. The van der Waals surface area contributed by atoms with Crippen molar-refractivity contribution in [3.05, 3.63) is 64.2 Å². The van der Waals surface area contributed by atoms with E-state index in [0.29, 0.717) is 28.9 Å². The van der Waals surface area contributed by atoms with Crippen molar-refractivity contribution < 1.29 is 54.9 Å². The van der Waals surface area contributed by atoms with Crippen LogP contribution in [0.5, 0.6) is 0 Å². The van der Waals surface area contributed by atoms with Gasteiger partial charge in [-0.05, 0) is 74.6 Å². The second kappa shape index (κ2) is 13.6. The Bertz CT molecular complexity index is 1300. The van der Waals surface area contributed by atoms with Gasteiger partial charge in [-0.25, -0.2) is 9.59 Å². The van der Waals surface area contributed by atoms with Crippen molar-refractivity contribution >= 4 is 23.8 Å². The van der Waals surface area contributed by atoms with Crippen molar-refractivity contribution in [1.82, 2.24) is 4.90 Å². The molecule has 0 aliphatic carbocycles. The highest BCUT2D eigenvalue weighted by Gasteiger charge is 2.41. The molecule has 2 amide bonds. The summed E-state index contributed by atoms with van der Waals surface area (Å²) in [7, 11) is 1.04. The maximum atomic E-state index is 13.6. The molecule has 1 aliphatic rings. The lowest BCUT2D eigenvalue weighted by Gasteiger charge is -2.42. The number of alkyl halides is 6. The number of anilines is 1. The molecule has 43 heavy (non-hydrogen) atoms. The summed E-state index contributed by atoms with van der Waals surface area (Å²) in [5, 5.41) is 0. The lowest BCUT2D eigenvalue weighted by Crippen LogP contribution is -2.47. The van der Waals surface area contributed by atoms with Crippen LogP contribution in [0.25, 0.3) is 0 Å². The van der Waals surface area contributed by atoms with Gasteiger partial charge in [0.1, 0.15) is 0 Å². The summed E-state index contributed by atoms with van der Waals surface area (Å²) in [6.45, 7) is 4.56. The average molecular weight is 619 g/mol. The van der Waals surface area contributed by atoms with Crippen LogP contribution >= 0.6 is 0 Å². The minimum Gasteiger partial charge on any atom is -0.466 e. The number of benzene rings is 2. The van der Waals surface area contributed by atoms with Crippen LogP contribution in [0.4, 0.5) is 41.6 Å². The predicted octanol–water partition coefficient (Wildman–Crippen LogP) is 7.28. The zero-order valence-electron chi connectivity index (χ0n) is 24.0. The molecule has 2 atom stereocenters. The van der Waals surface area contributed by atoms with E-state index in [9.17, 15) is 40.7 Å². The van der Waals surface area contributed by atoms with Gasteiger partial charge in [-0.3, -0.25) is 14.6 Å². The molecule has 0 spiro atoms. The first kappa shape index (κ1) is 33.5. The SMILES string of the molecule is CCOC(=O)CCc1ccc2c(c1)C(N(Cc1cc(C(F)(F)F)cc(C(F)(F)F)c1)C(=O)OC)CC(C)N2C(=O)OCC. The molecule has 2 aromatic rings. The number of ether oxygens (including phenoxy) is 3. The van der Waals surface area contributed by atoms with E-state index in [2.05, 4.69) is 0 Å². The quantitative estimate of drug-likeness (QED) is 0.176. The number of rotatable bonds is 8. The smallest absolute Gasteiger partial charge is 0.416 e. The van der Waals surface area contributed by atoms with Crippen molar-refractivity contribution in [2.24, 2.45) is 0 Å². The van der Waals surface area contributed by atoms with Crippen LogP contribution in [0.15, 0.2) is 36.4 Å². The topological polar surface area (TPSA) is 85.4 Å². The van der Waals surface area contributed by atoms with E-state index in [0.717, 1.165) is 12.0 Å². The monoisotopic (exact) mass is 618 g/mol. The van der Waals surface area contributed by atoms with Gasteiger partial charge in [0.2, 0.25) is 0 Å². The van der Waals surface area contributed by atoms with Crippen molar-refractivity contribution in [2.45, 2.75) is 71.0 Å². The fraction of sp³-hybridized carbons (Fsp3) is 0.483. The predicted molar refractivity (Wildman–Crippen MR) is 142 cm³/mol. The molecule has 3 rings (SSSR count). The summed E-state index contributed by atoms with van der Waals surface area (Å²) in [6.07, 6.45) is -11.5. The maximum Gasteiger partial charge on any atom is 0.416 e. The summed E-state index contributed by atoms with van der Waals surface area (Å²) >= 11 is 0. The Kier molecular flexibility index (Phi) is 10.6. The molecule has 0 bridgehead atoms. The standard InChI is InChI=1S/C29H32F6N2O6/c1-5-42-25(38)10-8-18-7-9-23-22(14-18)24(11-17(3)37(23)27(40)43-6-2)36(26(39)41-4)16-19-12-20(28(30,31)32)15-21(13-19)29(33,34)35/h7,9,12-15,17,24H,5-6,8,10-11,16H2,1-4H3. The van der Waals surface area contributed by atoms with Gasteiger partial charge in [-0.15, -0.1) is 0 Å². The molecule has 2 aromatic carbocycles. The molecular formula is C29H32F6N2O6. The van der Waals surface area contributed by atoms with Crippen molar-refractivity contribution in [2.75, 3.05) is 25.2 Å². The molecule has 0 N–H and O–H groups in total. The molecule has 236 valence electrons. The third-order valence-corrected chi connectivity index (χ3v) is 6.89. The summed E-state index contributed by atoms with van der Waals surface area (Å²) in [5.74, 6) is -0.445. The van der Waals surface area contributed by atoms with Crippen LogP contribution in [-0.2, 0) is 44.3 Å². The van der Waals surface area contributed by atoms with Gasteiger partial charge in [0, 0.05) is 19.0 Å². The van der Waals surface area contributed by atoms with E-state index in [-0.39, 0.29) is 38.5 Å². The number of carbonyl (C=O) groups is 3. The fourth-order valence-corrected chi connectivity index (χ4v) is 5.01. The van der Waals surface area contributed by atoms with Gasteiger partial charge in [-0.2, -0.15) is 26.3 Å². The second-order valence-electron chi connectivity index (χ2n) is 9.88. The Balaban J connectivity index is 2.13. The highest BCUT2D eigenvalue weighted by molar-refractivity contribution is 5.90. The molecule has 2 unspecified atom stereocenters. The number of nitrogens with zero attached hydrogens (tertiary/aromatic N) is 2. The number of hydrogen-bond donors (Lipinski definition) is 0. The first-order chi connectivity index (χ1) is 20.1. The van der Waals surface area contributed by atoms with Gasteiger partial charge in [-0.1, -0.05) is 12.1 Å². The Hall–Kier alpha value is -3.97. The van der Waals surface area contributed by atoms with Crippen LogP contribution in [-0.4, -0.2) is 49.4 Å². The van der Waals surface area contributed by atoms with E-state index in [1.807, 2.05) is 0 Å². The molecule has 1 aliphatic heterocycles. The molecule has 0 radical (unpaired) electrons. The van der Waals surface area contributed by atoms with Crippen molar-refractivity contribution in [3.8, 4) is 0 Å². The third-order valence-electron chi connectivity index (χ3n) is 6.89. The fourth-order valence-electron chi connectivity index (χ4n) is 5.01. The minimum absolute atomic E-state index is 0.0109. The van der Waals surface area contributed by atoms with Gasteiger partial charge in [0.05, 0.1) is 43.2 Å². The zero-order chi connectivity index (χ0) is 32.1. The molecule has 1 heterocycles. The number of carbonyl (C=O) groups excluding carboxylic acids is 3. The number of aryl methyl sites for hydroxylation is 1. The molecule has 14 heteroatoms. The highest BCUT2D eigenvalue weighted by Crippen LogP contribution is 2.43. The highest BCUT2D eigenvalue weighted by atomic mass is 19.4. The normalized spacial score (nSPS) is 16.7. The summed E-state index contributed by atoms with van der Waals surface area (Å²) in [6, 6.07) is 4.49. The van der Waals surface area contributed by atoms with Crippen LogP contribution in [0.1, 0.15) is 67.5 Å². The Morgan fingerprint density at radius 1 is 0.907 bits per heavy atom. The van der Waals surface area contributed by atoms with Gasteiger partial charge in [0.15, 0.2) is 0 Å². The first-order valence-electron chi connectivity index (χ1n) is 13.5. The number of halogens is 6. The van der Waals surface area contributed by atoms with E-state index in [1.54, 1.807) is 39.0 Å². The van der Waals surface area contributed by atoms with E-state index in [1.165, 1.54) is 4.90 Å². The molecule has 8 nitrogen and oxygen atoms in total. The Labute approximate surface area is 244 Å². The van der Waals surface area contributed by atoms with E-state index >= 15 is 0 Å². The van der Waals surface area contributed by atoms with E-state index < -0.39 is 65.8 Å². The molecule has 0 saturated heterocycles. The zero-order valence-corrected chi connectivity index (χ0v) is 24.0. The lowest BCUT2D eigenvalue weighted by atomic mass is 9.88. The van der Waals surface area contributed by atoms with Crippen molar-refractivity contribution in [3.63, 3.8) is 0 Å². The average Bonchev–Trinajstić information content (AvgIpc) is 2.93. The Morgan fingerprint density at radius 2 is 1.51 bits per heavy atom. The van der Waals surface area contributed by atoms with Gasteiger partial charge < -0.3 is 14.2 Å². The number of fused-ring (bicyclic) bond motifs is 1. The maximum absolute atomic E-state index is 13.6. The molecule has 0 aromatic heterocycles. The van der Waals surface area contributed by atoms with Gasteiger partial charge >= 0.3 is 30.5 Å². The van der Waals surface area contributed by atoms with Crippen LogP contribution in [0.3, 0.4) is 0 Å². The van der Waals surface area contributed by atoms with Crippen molar-refractivity contribution in [1.29, 1.82) is 0 Å². The third kappa shape index (κ3) is 8.11. The summed E-state index contributed by atoms with van der Waals surface area (Å²) in [4.78, 5) is 40.3. The molecular weight excluding hydrogens is 586 g/mol. The van der Waals surface area contributed by atoms with Crippen LogP contribution in [0.2, 0.25) is 0 Å². The minimum atomic E-state index is -5.08. The number of methoxy groups -OCH3 is 1. The molecule has 0 fully saturated rings. The van der Waals surface area contributed by atoms with Gasteiger partial charge in [0.25, 0.3) is 0 Å². The second-order valence-corrected chi connectivity index (χ2v) is 9.88. The number of hydrogen-bond acceptors (Lipinski definition) is 6. The van der Waals surface area contributed by atoms with Crippen LogP contribution in [0, 0.1) is 0 Å². The first-order valence-corrected chi connectivity index (χ1v) is 13.5.